The van der Waals surface area contributed by atoms with Crippen LogP contribution in [0.4, 0.5) is 20.6 Å². The molecule has 2 aromatic rings. The zero-order valence-electron chi connectivity index (χ0n) is 17.4. The summed E-state index contributed by atoms with van der Waals surface area (Å²) in [4.78, 5) is 40.2. The lowest BCUT2D eigenvalue weighted by Crippen LogP contribution is -2.37. The summed E-state index contributed by atoms with van der Waals surface area (Å²) < 4.78 is 25.3. The molecule has 1 unspecified atom stereocenters. The molecule has 32 heavy (non-hydrogen) atoms. The van der Waals surface area contributed by atoms with Gasteiger partial charge in [0.25, 0.3) is 0 Å². The van der Waals surface area contributed by atoms with Gasteiger partial charge in [0, 0.05) is 25.9 Å². The molecule has 1 aromatic heterocycles. The van der Waals surface area contributed by atoms with Gasteiger partial charge in [-0.1, -0.05) is 6.07 Å². The summed E-state index contributed by atoms with van der Waals surface area (Å²) in [6.45, 7) is 2.65. The van der Waals surface area contributed by atoms with Crippen LogP contribution >= 0.6 is 11.3 Å². The van der Waals surface area contributed by atoms with Gasteiger partial charge in [-0.2, -0.15) is 0 Å². The molecule has 4 rings (SSSR count). The van der Waals surface area contributed by atoms with Crippen LogP contribution in [0.1, 0.15) is 22.5 Å². The van der Waals surface area contributed by atoms with E-state index in [0.717, 1.165) is 0 Å². The number of anilines is 2. The van der Waals surface area contributed by atoms with E-state index in [9.17, 15) is 18.8 Å². The first kappa shape index (κ1) is 22.2. The molecular formula is C22H24FN3O5S. The van der Waals surface area contributed by atoms with Crippen molar-refractivity contribution in [3.8, 4) is 0 Å². The molecule has 0 radical (unpaired) electrons. The van der Waals surface area contributed by atoms with Crippen molar-refractivity contribution in [3.05, 3.63) is 46.4 Å². The number of ketones is 1. The number of halogens is 1. The average Bonchev–Trinajstić information content (AvgIpc) is 3.46. The molecule has 0 aliphatic carbocycles. The van der Waals surface area contributed by atoms with Crippen LogP contribution < -0.4 is 15.1 Å². The fraction of sp³-hybridized carbons (Fsp3) is 0.409. The molecule has 0 bridgehead atoms. The van der Waals surface area contributed by atoms with Crippen LogP contribution in [0, 0.1) is 5.82 Å². The van der Waals surface area contributed by atoms with Crippen molar-refractivity contribution in [3.63, 3.8) is 0 Å². The number of nitrogens with zero attached hydrogens (tertiary/aromatic N) is 2. The molecule has 170 valence electrons. The third-order valence-electron chi connectivity index (χ3n) is 5.37. The van der Waals surface area contributed by atoms with Gasteiger partial charge < -0.3 is 19.7 Å². The Morgan fingerprint density at radius 3 is 2.72 bits per heavy atom. The number of ether oxygens (including phenoxy) is 2. The summed E-state index contributed by atoms with van der Waals surface area (Å²) in [6, 6.07) is 8.19. The van der Waals surface area contributed by atoms with Gasteiger partial charge in [-0.05, 0) is 29.6 Å². The molecule has 10 heteroatoms. The van der Waals surface area contributed by atoms with Crippen molar-refractivity contribution in [1.82, 2.24) is 5.32 Å². The van der Waals surface area contributed by atoms with Gasteiger partial charge in [0.1, 0.15) is 11.9 Å². The van der Waals surface area contributed by atoms with E-state index in [2.05, 4.69) is 5.32 Å². The molecule has 2 amide bonds. The van der Waals surface area contributed by atoms with Gasteiger partial charge in [0.2, 0.25) is 5.91 Å². The van der Waals surface area contributed by atoms with Crippen molar-refractivity contribution in [2.75, 3.05) is 49.2 Å². The third-order valence-corrected chi connectivity index (χ3v) is 6.28. The first-order chi connectivity index (χ1) is 15.5. The van der Waals surface area contributed by atoms with E-state index in [1.165, 1.54) is 22.3 Å². The maximum absolute atomic E-state index is 14.7. The van der Waals surface area contributed by atoms with E-state index < -0.39 is 18.0 Å². The van der Waals surface area contributed by atoms with Crippen LogP contribution in [0.15, 0.2) is 35.7 Å². The van der Waals surface area contributed by atoms with Gasteiger partial charge in [0.15, 0.2) is 5.78 Å². The minimum Gasteiger partial charge on any atom is -0.442 e. The lowest BCUT2D eigenvalue weighted by molar-refractivity contribution is -0.121. The number of hydrogen-bond donors (Lipinski definition) is 1. The average molecular weight is 462 g/mol. The molecule has 0 spiro atoms. The number of rotatable bonds is 8. The summed E-state index contributed by atoms with van der Waals surface area (Å²) in [7, 11) is 0. The molecular weight excluding hydrogens is 437 g/mol. The predicted molar refractivity (Wildman–Crippen MR) is 118 cm³/mol. The Labute approximate surface area is 188 Å². The van der Waals surface area contributed by atoms with Crippen LogP contribution in [0.25, 0.3) is 0 Å². The summed E-state index contributed by atoms with van der Waals surface area (Å²) in [5.74, 6) is -0.772. The number of hydrogen-bond acceptors (Lipinski definition) is 7. The summed E-state index contributed by atoms with van der Waals surface area (Å²) >= 11 is 1.35. The Morgan fingerprint density at radius 1 is 1.19 bits per heavy atom. The van der Waals surface area contributed by atoms with Crippen molar-refractivity contribution in [1.29, 1.82) is 0 Å². The highest BCUT2D eigenvalue weighted by Crippen LogP contribution is 2.28. The molecule has 2 aliphatic heterocycles. The zero-order chi connectivity index (χ0) is 22.5. The lowest BCUT2D eigenvalue weighted by Gasteiger charge is -2.29. The van der Waals surface area contributed by atoms with Crippen LogP contribution in [0.3, 0.4) is 0 Å². The molecule has 0 saturated carbocycles. The zero-order valence-corrected chi connectivity index (χ0v) is 18.2. The summed E-state index contributed by atoms with van der Waals surface area (Å²) in [6.07, 6.45) is -0.954. The monoisotopic (exact) mass is 461 g/mol. The van der Waals surface area contributed by atoms with Gasteiger partial charge in [0.05, 0.1) is 42.6 Å². The quantitative estimate of drug-likeness (QED) is 0.609. The van der Waals surface area contributed by atoms with Crippen molar-refractivity contribution in [2.24, 2.45) is 0 Å². The first-order valence-electron chi connectivity index (χ1n) is 10.4. The molecule has 2 aliphatic rings. The van der Waals surface area contributed by atoms with Crippen LogP contribution in [-0.4, -0.2) is 63.3 Å². The standard InChI is InChI=1S/C22H24FN3O5S/c23-17-12-15(3-4-18(17)25-7-9-30-10-8-25)26-14-16(31-22(26)29)13-24-21(28)6-5-19(27)20-2-1-11-32-20/h1-4,11-12,16H,5-10,13-14H2,(H,24,28). The van der Waals surface area contributed by atoms with Crippen LogP contribution in [-0.2, 0) is 14.3 Å². The highest BCUT2D eigenvalue weighted by atomic mass is 32.1. The number of carbonyl (C=O) groups excluding carboxylic acids is 3. The van der Waals surface area contributed by atoms with E-state index >= 15 is 0 Å². The molecule has 2 fully saturated rings. The maximum atomic E-state index is 14.7. The van der Waals surface area contributed by atoms with Gasteiger partial charge in [-0.15, -0.1) is 11.3 Å². The number of morpholine rings is 1. The molecule has 8 nitrogen and oxygen atoms in total. The van der Waals surface area contributed by atoms with Gasteiger partial charge >= 0.3 is 6.09 Å². The van der Waals surface area contributed by atoms with Gasteiger partial charge in [-0.25, -0.2) is 9.18 Å². The number of benzene rings is 1. The summed E-state index contributed by atoms with van der Waals surface area (Å²) in [5, 5.41) is 4.51. The van der Waals surface area contributed by atoms with Gasteiger partial charge in [-0.3, -0.25) is 14.5 Å². The Bertz CT molecular complexity index is 978. The van der Waals surface area contributed by atoms with E-state index in [-0.39, 0.29) is 37.6 Å². The Hall–Kier alpha value is -2.98. The smallest absolute Gasteiger partial charge is 0.414 e. The van der Waals surface area contributed by atoms with Crippen LogP contribution in [0.2, 0.25) is 0 Å². The molecule has 1 N–H and O–H groups in total. The molecule has 2 saturated heterocycles. The molecule has 3 heterocycles. The second-order valence-electron chi connectivity index (χ2n) is 7.56. The third kappa shape index (κ3) is 5.25. The highest BCUT2D eigenvalue weighted by molar-refractivity contribution is 7.12. The second kappa shape index (κ2) is 10.1. The maximum Gasteiger partial charge on any atom is 0.414 e. The van der Waals surface area contributed by atoms with Crippen molar-refractivity contribution >= 4 is 40.5 Å². The van der Waals surface area contributed by atoms with E-state index in [1.54, 1.807) is 24.3 Å². The largest absolute Gasteiger partial charge is 0.442 e. The number of carbonyl (C=O) groups is 3. The lowest BCUT2D eigenvalue weighted by atomic mass is 10.2. The van der Waals surface area contributed by atoms with Crippen LogP contribution in [0.5, 0.6) is 0 Å². The number of Topliss-reactive ketones (excluding diaryl/α,β-unsaturated/α-hetero) is 1. The predicted octanol–water partition coefficient (Wildman–Crippen LogP) is 2.83. The number of amides is 2. The fourth-order valence-electron chi connectivity index (χ4n) is 3.67. The SMILES string of the molecule is O=C(CCC(=O)c1cccs1)NCC1CN(c2ccc(N3CCOCC3)c(F)c2)C(=O)O1. The molecule has 1 atom stereocenters. The minimum atomic E-state index is -0.587. The summed E-state index contributed by atoms with van der Waals surface area (Å²) in [5.41, 5.74) is 0.880. The van der Waals surface area contributed by atoms with E-state index in [0.29, 0.717) is 42.6 Å². The van der Waals surface area contributed by atoms with Crippen molar-refractivity contribution in [2.45, 2.75) is 18.9 Å². The topological polar surface area (TPSA) is 88.2 Å². The minimum absolute atomic E-state index is 0.0648. The number of nitrogens with one attached hydrogen (secondary N) is 1. The number of cyclic esters (lactones) is 1. The fourth-order valence-corrected chi connectivity index (χ4v) is 4.36. The Kier molecular flexibility index (Phi) is 7.01. The van der Waals surface area contributed by atoms with Crippen molar-refractivity contribution < 1.29 is 28.2 Å². The van der Waals surface area contributed by atoms with E-state index in [1.807, 2.05) is 10.3 Å². The first-order valence-corrected chi connectivity index (χ1v) is 11.3. The Balaban J connectivity index is 1.27. The number of thiophene rings is 1. The van der Waals surface area contributed by atoms with E-state index in [4.69, 9.17) is 9.47 Å². The normalized spacial score (nSPS) is 18.5. The second-order valence-corrected chi connectivity index (χ2v) is 8.50. The highest BCUT2D eigenvalue weighted by Gasteiger charge is 2.33. The molecule has 1 aromatic carbocycles. The Morgan fingerprint density at radius 2 is 2.00 bits per heavy atom.